The van der Waals surface area contributed by atoms with Crippen LogP contribution in [0.25, 0.3) is 22.3 Å². The molecule has 0 aliphatic heterocycles. The van der Waals surface area contributed by atoms with Gasteiger partial charge in [0.1, 0.15) is 23.7 Å². The third-order valence-electron chi connectivity index (χ3n) is 4.15. The molecular weight excluding hydrogens is 383 g/mol. The lowest BCUT2D eigenvalue weighted by molar-refractivity contribution is 0.306. The van der Waals surface area contributed by atoms with Gasteiger partial charge < -0.3 is 9.15 Å². The van der Waals surface area contributed by atoms with Crippen molar-refractivity contribution in [3.8, 4) is 17.1 Å². The predicted octanol–water partition coefficient (Wildman–Crippen LogP) is 6.35. The van der Waals surface area contributed by atoms with Gasteiger partial charge in [-0.05, 0) is 60.2 Å². The first-order valence-corrected chi connectivity index (χ1v) is 9.05. The largest absolute Gasteiger partial charge is 0.489 e. The number of benzene rings is 3. The second-order valence-corrected chi connectivity index (χ2v) is 6.93. The molecule has 0 fully saturated rings. The molecule has 0 N–H and O–H groups in total. The summed E-state index contributed by atoms with van der Waals surface area (Å²) in [4.78, 5) is 12.5. The van der Waals surface area contributed by atoms with Crippen LogP contribution >= 0.6 is 23.2 Å². The lowest BCUT2D eigenvalue weighted by atomic mass is 10.1. The Bertz CT molecular complexity index is 1150. The van der Waals surface area contributed by atoms with Crippen molar-refractivity contribution in [2.75, 3.05) is 0 Å². The molecule has 5 heteroatoms. The van der Waals surface area contributed by atoms with Crippen LogP contribution in [0.15, 0.2) is 82.0 Å². The van der Waals surface area contributed by atoms with Gasteiger partial charge in [-0.15, -0.1) is 0 Å². The normalized spacial score (nSPS) is 10.9. The molecule has 0 atom stereocenters. The van der Waals surface area contributed by atoms with E-state index in [2.05, 4.69) is 0 Å². The Morgan fingerprint density at radius 2 is 1.48 bits per heavy atom. The van der Waals surface area contributed by atoms with E-state index in [9.17, 15) is 4.79 Å². The number of rotatable bonds is 4. The van der Waals surface area contributed by atoms with E-state index in [0.29, 0.717) is 39.1 Å². The molecule has 1 heterocycles. The second kappa shape index (κ2) is 7.47. The molecule has 0 unspecified atom stereocenters. The first-order valence-electron chi connectivity index (χ1n) is 8.29. The van der Waals surface area contributed by atoms with Crippen LogP contribution in [0, 0.1) is 0 Å². The molecular formula is C22H14Cl2O3. The van der Waals surface area contributed by atoms with E-state index in [1.165, 1.54) is 6.07 Å². The van der Waals surface area contributed by atoms with Crippen molar-refractivity contribution in [1.82, 2.24) is 0 Å². The van der Waals surface area contributed by atoms with E-state index in [4.69, 9.17) is 32.4 Å². The average Bonchev–Trinajstić information content (AvgIpc) is 2.68. The maximum atomic E-state index is 12.5. The fourth-order valence-electron chi connectivity index (χ4n) is 2.73. The van der Waals surface area contributed by atoms with Gasteiger partial charge in [-0.2, -0.15) is 0 Å². The molecule has 134 valence electrons. The summed E-state index contributed by atoms with van der Waals surface area (Å²) in [6.45, 7) is 0.386. The van der Waals surface area contributed by atoms with Gasteiger partial charge in [0.15, 0.2) is 5.43 Å². The Balaban J connectivity index is 1.61. The highest BCUT2D eigenvalue weighted by molar-refractivity contribution is 6.30. The highest BCUT2D eigenvalue weighted by Crippen LogP contribution is 2.26. The Morgan fingerprint density at radius 1 is 0.815 bits per heavy atom. The van der Waals surface area contributed by atoms with E-state index in [1.54, 1.807) is 30.3 Å². The summed E-state index contributed by atoms with van der Waals surface area (Å²) in [5.74, 6) is 1.10. The minimum atomic E-state index is -0.127. The van der Waals surface area contributed by atoms with Crippen LogP contribution in [0.5, 0.6) is 5.75 Å². The van der Waals surface area contributed by atoms with Gasteiger partial charge in [0, 0.05) is 21.7 Å². The van der Waals surface area contributed by atoms with Gasteiger partial charge in [0.25, 0.3) is 0 Å². The molecule has 0 bridgehead atoms. The Morgan fingerprint density at radius 3 is 2.19 bits per heavy atom. The summed E-state index contributed by atoms with van der Waals surface area (Å²) in [6, 6.07) is 21.3. The number of fused-ring (bicyclic) bond motifs is 1. The van der Waals surface area contributed by atoms with E-state index in [0.717, 1.165) is 11.1 Å². The van der Waals surface area contributed by atoms with Gasteiger partial charge in [-0.25, -0.2) is 0 Å². The lowest BCUT2D eigenvalue weighted by Crippen LogP contribution is -2.01. The number of halogens is 2. The van der Waals surface area contributed by atoms with Crippen LogP contribution in [-0.2, 0) is 6.61 Å². The lowest BCUT2D eigenvalue weighted by Gasteiger charge is -2.08. The zero-order valence-electron chi connectivity index (χ0n) is 14.1. The minimum Gasteiger partial charge on any atom is -0.489 e. The smallest absolute Gasteiger partial charge is 0.193 e. The summed E-state index contributed by atoms with van der Waals surface area (Å²) in [5, 5.41) is 1.78. The Kier molecular flexibility index (Phi) is 4.88. The third kappa shape index (κ3) is 4.00. The molecule has 0 aliphatic rings. The SMILES string of the molecule is O=c1cc(-c2ccc(Cl)cc2)oc2ccc(OCc3ccc(Cl)cc3)cc12. The molecule has 0 amide bonds. The Hall–Kier alpha value is -2.75. The van der Waals surface area contributed by atoms with Gasteiger partial charge in [0.05, 0.1) is 5.39 Å². The van der Waals surface area contributed by atoms with Crippen LogP contribution in [-0.4, -0.2) is 0 Å². The fraction of sp³-hybridized carbons (Fsp3) is 0.0455. The fourth-order valence-corrected chi connectivity index (χ4v) is 2.98. The molecule has 3 aromatic carbocycles. The van der Waals surface area contributed by atoms with Crippen LogP contribution in [0.3, 0.4) is 0 Å². The van der Waals surface area contributed by atoms with Gasteiger partial charge in [-0.3, -0.25) is 4.79 Å². The maximum Gasteiger partial charge on any atom is 0.193 e. The second-order valence-electron chi connectivity index (χ2n) is 6.05. The van der Waals surface area contributed by atoms with Crippen molar-refractivity contribution in [2.45, 2.75) is 6.61 Å². The molecule has 0 spiro atoms. The average molecular weight is 397 g/mol. The van der Waals surface area contributed by atoms with Crippen LogP contribution < -0.4 is 10.2 Å². The van der Waals surface area contributed by atoms with Crippen molar-refractivity contribution < 1.29 is 9.15 Å². The first-order chi connectivity index (χ1) is 13.1. The molecule has 0 saturated carbocycles. The van der Waals surface area contributed by atoms with Gasteiger partial charge in [0.2, 0.25) is 0 Å². The number of ether oxygens (including phenoxy) is 1. The quantitative estimate of drug-likeness (QED) is 0.403. The molecule has 3 nitrogen and oxygen atoms in total. The van der Waals surface area contributed by atoms with E-state index in [-0.39, 0.29) is 5.43 Å². The summed E-state index contributed by atoms with van der Waals surface area (Å²) in [5.41, 5.74) is 2.16. The highest BCUT2D eigenvalue weighted by Gasteiger charge is 2.08. The van der Waals surface area contributed by atoms with Crippen molar-refractivity contribution in [3.63, 3.8) is 0 Å². The zero-order valence-corrected chi connectivity index (χ0v) is 15.6. The topological polar surface area (TPSA) is 39.4 Å². The van der Waals surface area contributed by atoms with Crippen molar-refractivity contribution in [1.29, 1.82) is 0 Å². The summed E-state index contributed by atoms with van der Waals surface area (Å²) in [7, 11) is 0. The molecule has 4 rings (SSSR count). The summed E-state index contributed by atoms with van der Waals surface area (Å²) >= 11 is 11.8. The van der Waals surface area contributed by atoms with Crippen LogP contribution in [0.2, 0.25) is 10.0 Å². The molecule has 27 heavy (non-hydrogen) atoms. The van der Waals surface area contributed by atoms with Crippen LogP contribution in [0.4, 0.5) is 0 Å². The number of hydrogen-bond acceptors (Lipinski definition) is 3. The zero-order chi connectivity index (χ0) is 18.8. The minimum absolute atomic E-state index is 0.127. The standard InChI is InChI=1S/C22H14Cl2O3/c23-16-5-1-14(2-6-16)13-26-18-9-10-21-19(11-18)20(25)12-22(27-21)15-3-7-17(24)8-4-15/h1-12H,13H2. The maximum absolute atomic E-state index is 12.5. The summed E-state index contributed by atoms with van der Waals surface area (Å²) in [6.07, 6.45) is 0. The molecule has 0 radical (unpaired) electrons. The van der Waals surface area contributed by atoms with E-state index in [1.807, 2.05) is 36.4 Å². The van der Waals surface area contributed by atoms with E-state index < -0.39 is 0 Å². The molecule has 0 aliphatic carbocycles. The molecule has 1 aromatic heterocycles. The van der Waals surface area contributed by atoms with Crippen LogP contribution in [0.1, 0.15) is 5.56 Å². The van der Waals surface area contributed by atoms with E-state index >= 15 is 0 Å². The molecule has 4 aromatic rings. The Labute approximate surface area is 165 Å². The van der Waals surface area contributed by atoms with Crippen molar-refractivity contribution in [3.05, 3.63) is 98.6 Å². The van der Waals surface area contributed by atoms with Gasteiger partial charge in [-0.1, -0.05) is 35.3 Å². The monoisotopic (exact) mass is 396 g/mol. The number of hydrogen-bond donors (Lipinski definition) is 0. The van der Waals surface area contributed by atoms with Crippen molar-refractivity contribution in [2.24, 2.45) is 0 Å². The third-order valence-corrected chi connectivity index (χ3v) is 4.65. The first kappa shape index (κ1) is 17.7. The molecule has 0 saturated heterocycles. The predicted molar refractivity (Wildman–Crippen MR) is 109 cm³/mol. The van der Waals surface area contributed by atoms with Gasteiger partial charge >= 0.3 is 0 Å². The summed E-state index contributed by atoms with van der Waals surface area (Å²) < 4.78 is 11.7. The van der Waals surface area contributed by atoms with Crippen molar-refractivity contribution >= 4 is 34.2 Å². The highest BCUT2D eigenvalue weighted by atomic mass is 35.5.